The highest BCUT2D eigenvalue weighted by atomic mass is 35.5. The Morgan fingerprint density at radius 2 is 1.89 bits per heavy atom. The van der Waals surface area contributed by atoms with E-state index in [-0.39, 0.29) is 12.4 Å². The van der Waals surface area contributed by atoms with Crippen LogP contribution in [0.15, 0.2) is 18.2 Å². The van der Waals surface area contributed by atoms with Crippen LogP contribution in [0, 0.1) is 0 Å². The molecular weight excluding hydrogens is 252 g/mol. The van der Waals surface area contributed by atoms with Gasteiger partial charge in [-0.2, -0.15) is 0 Å². The van der Waals surface area contributed by atoms with Crippen molar-refractivity contribution in [2.45, 2.75) is 18.9 Å². The van der Waals surface area contributed by atoms with Gasteiger partial charge in [-0.05, 0) is 38.1 Å². The number of rotatable bonds is 2. The van der Waals surface area contributed by atoms with E-state index in [9.17, 15) is 0 Å². The van der Waals surface area contributed by atoms with Gasteiger partial charge in [0.25, 0.3) is 0 Å². The third kappa shape index (κ3) is 2.49. The number of hydrogen-bond donors (Lipinski definition) is 1. The topological polar surface area (TPSA) is 33.7 Å². The number of nitrogens with zero attached hydrogens (tertiary/aromatic N) is 1. The Labute approximate surface area is 114 Å². The summed E-state index contributed by atoms with van der Waals surface area (Å²) < 4.78 is 10.7. The molecule has 0 atom stereocenters. The number of fused-ring (bicyclic) bond motifs is 1. The molecule has 0 radical (unpaired) electrons. The second-order valence-corrected chi connectivity index (χ2v) is 4.63. The molecule has 1 saturated heterocycles. The van der Waals surface area contributed by atoms with Gasteiger partial charge in [0.15, 0.2) is 11.5 Å². The number of halogens is 1. The Hall–Kier alpha value is -1.13. The summed E-state index contributed by atoms with van der Waals surface area (Å²) in [6, 6.07) is 6.80. The molecule has 18 heavy (non-hydrogen) atoms. The van der Waals surface area contributed by atoms with Gasteiger partial charge in [0.1, 0.15) is 0 Å². The van der Waals surface area contributed by atoms with Gasteiger partial charge in [-0.1, -0.05) is 0 Å². The monoisotopic (exact) mass is 270 g/mol. The van der Waals surface area contributed by atoms with Crippen LogP contribution in [0.2, 0.25) is 0 Å². The summed E-state index contributed by atoms with van der Waals surface area (Å²) in [5.74, 6) is 1.72. The average Bonchev–Trinajstić information content (AvgIpc) is 2.86. The van der Waals surface area contributed by atoms with E-state index in [1.807, 2.05) is 6.07 Å². The third-order valence-corrected chi connectivity index (χ3v) is 3.62. The van der Waals surface area contributed by atoms with Crippen molar-refractivity contribution in [3.05, 3.63) is 18.2 Å². The average molecular weight is 271 g/mol. The first-order chi connectivity index (χ1) is 8.34. The fourth-order valence-corrected chi connectivity index (χ4v) is 2.51. The Morgan fingerprint density at radius 3 is 2.67 bits per heavy atom. The van der Waals surface area contributed by atoms with Gasteiger partial charge in [0.2, 0.25) is 6.79 Å². The second-order valence-electron chi connectivity index (χ2n) is 4.63. The van der Waals surface area contributed by atoms with Crippen molar-refractivity contribution in [3.8, 4) is 11.5 Å². The maximum atomic E-state index is 5.42. The quantitative estimate of drug-likeness (QED) is 0.892. The molecule has 2 heterocycles. The summed E-state index contributed by atoms with van der Waals surface area (Å²) in [5.41, 5.74) is 1.21. The van der Waals surface area contributed by atoms with Crippen LogP contribution in [0.4, 0.5) is 5.69 Å². The zero-order valence-corrected chi connectivity index (χ0v) is 11.3. The predicted molar refractivity (Wildman–Crippen MR) is 74.1 cm³/mol. The summed E-state index contributed by atoms with van der Waals surface area (Å²) in [6.07, 6.45) is 2.40. The molecule has 0 unspecified atom stereocenters. The van der Waals surface area contributed by atoms with Crippen molar-refractivity contribution >= 4 is 18.1 Å². The Kier molecular flexibility index (Phi) is 4.19. The highest BCUT2D eigenvalue weighted by Gasteiger charge is 2.20. The molecule has 0 spiro atoms. The Morgan fingerprint density at radius 1 is 1.17 bits per heavy atom. The maximum Gasteiger partial charge on any atom is 0.231 e. The number of benzene rings is 1. The first kappa shape index (κ1) is 13.3. The normalized spacial score (nSPS) is 18.3. The molecule has 0 aromatic heterocycles. The van der Waals surface area contributed by atoms with E-state index >= 15 is 0 Å². The molecule has 3 rings (SSSR count). The van der Waals surface area contributed by atoms with Crippen LogP contribution in [-0.2, 0) is 0 Å². The Bertz CT molecular complexity index is 408. The lowest BCUT2D eigenvalue weighted by Crippen LogP contribution is -2.41. The molecule has 100 valence electrons. The third-order valence-electron chi connectivity index (χ3n) is 3.62. The summed E-state index contributed by atoms with van der Waals surface area (Å²) >= 11 is 0. The van der Waals surface area contributed by atoms with Gasteiger partial charge in [-0.3, -0.25) is 0 Å². The van der Waals surface area contributed by atoms with Crippen LogP contribution in [0.1, 0.15) is 12.8 Å². The van der Waals surface area contributed by atoms with Crippen molar-refractivity contribution in [2.75, 3.05) is 31.8 Å². The predicted octanol–water partition coefficient (Wildman–Crippen LogP) is 2.03. The van der Waals surface area contributed by atoms with Crippen molar-refractivity contribution in [2.24, 2.45) is 0 Å². The van der Waals surface area contributed by atoms with Crippen molar-refractivity contribution in [3.63, 3.8) is 0 Å². The zero-order valence-electron chi connectivity index (χ0n) is 10.5. The van der Waals surface area contributed by atoms with Crippen LogP contribution < -0.4 is 19.7 Å². The second kappa shape index (κ2) is 5.67. The fraction of sp³-hybridized carbons (Fsp3) is 0.538. The maximum absolute atomic E-state index is 5.42. The smallest absolute Gasteiger partial charge is 0.231 e. The largest absolute Gasteiger partial charge is 0.454 e. The van der Waals surface area contributed by atoms with Crippen LogP contribution in [0.5, 0.6) is 11.5 Å². The molecule has 0 aliphatic carbocycles. The zero-order chi connectivity index (χ0) is 11.7. The summed E-state index contributed by atoms with van der Waals surface area (Å²) in [5, 5.41) is 3.39. The molecule has 5 heteroatoms. The number of ether oxygens (including phenoxy) is 2. The van der Waals surface area contributed by atoms with Gasteiger partial charge < -0.3 is 19.7 Å². The van der Waals surface area contributed by atoms with E-state index < -0.39 is 0 Å². The highest BCUT2D eigenvalue weighted by Crippen LogP contribution is 2.36. The van der Waals surface area contributed by atoms with Crippen LogP contribution >= 0.6 is 12.4 Å². The van der Waals surface area contributed by atoms with Crippen molar-refractivity contribution in [1.29, 1.82) is 0 Å². The minimum absolute atomic E-state index is 0. The lowest BCUT2D eigenvalue weighted by Gasteiger charge is -2.33. The van der Waals surface area contributed by atoms with Crippen LogP contribution in [0.3, 0.4) is 0 Å². The molecule has 0 amide bonds. The van der Waals surface area contributed by atoms with Crippen molar-refractivity contribution < 1.29 is 9.47 Å². The lowest BCUT2D eigenvalue weighted by molar-refractivity contribution is 0.174. The Balaban J connectivity index is 0.00000120. The lowest BCUT2D eigenvalue weighted by atomic mass is 10.0. The number of nitrogens with one attached hydrogen (secondary N) is 1. The summed E-state index contributed by atoms with van der Waals surface area (Å²) in [4.78, 5) is 2.35. The van der Waals surface area contributed by atoms with Gasteiger partial charge >= 0.3 is 0 Å². The molecule has 1 aromatic rings. The number of piperidine rings is 1. The number of hydrogen-bond acceptors (Lipinski definition) is 4. The van der Waals surface area contributed by atoms with Gasteiger partial charge in [0.05, 0.1) is 0 Å². The minimum atomic E-state index is 0. The first-order valence-electron chi connectivity index (χ1n) is 6.18. The van der Waals surface area contributed by atoms with E-state index in [0.717, 1.165) is 24.6 Å². The molecule has 0 bridgehead atoms. The van der Waals surface area contributed by atoms with E-state index in [4.69, 9.17) is 9.47 Å². The summed E-state index contributed by atoms with van der Waals surface area (Å²) in [7, 11) is 2.16. The summed E-state index contributed by atoms with van der Waals surface area (Å²) in [6.45, 7) is 2.56. The first-order valence-corrected chi connectivity index (χ1v) is 6.18. The van der Waals surface area contributed by atoms with Crippen LogP contribution in [0.25, 0.3) is 0 Å². The molecule has 0 saturated carbocycles. The van der Waals surface area contributed by atoms with Gasteiger partial charge in [0, 0.05) is 24.8 Å². The van der Waals surface area contributed by atoms with E-state index in [1.165, 1.54) is 18.5 Å². The van der Waals surface area contributed by atoms with E-state index in [2.05, 4.69) is 29.4 Å². The molecule has 2 aliphatic heterocycles. The van der Waals surface area contributed by atoms with E-state index in [0.29, 0.717) is 12.8 Å². The van der Waals surface area contributed by atoms with Crippen LogP contribution in [-0.4, -0.2) is 33.0 Å². The number of anilines is 1. The molecule has 4 nitrogen and oxygen atoms in total. The molecule has 2 aliphatic rings. The molecule has 1 aromatic carbocycles. The molecule has 1 fully saturated rings. The highest BCUT2D eigenvalue weighted by molar-refractivity contribution is 5.85. The molecular formula is C13H19ClN2O2. The van der Waals surface area contributed by atoms with Crippen molar-refractivity contribution in [1.82, 2.24) is 5.32 Å². The van der Waals surface area contributed by atoms with Gasteiger partial charge in [-0.15, -0.1) is 12.4 Å². The standard InChI is InChI=1S/C13H18N2O2.ClH/c1-15(10-4-6-14-7-5-10)11-2-3-12-13(8-11)17-9-16-12;/h2-3,8,10,14H,4-7,9H2,1H3;1H. The van der Waals surface area contributed by atoms with Gasteiger partial charge in [-0.25, -0.2) is 0 Å². The minimum Gasteiger partial charge on any atom is -0.454 e. The van der Waals surface area contributed by atoms with E-state index in [1.54, 1.807) is 0 Å². The molecule has 1 N–H and O–H groups in total. The fourth-order valence-electron chi connectivity index (χ4n) is 2.51. The SMILES string of the molecule is CN(c1ccc2c(c1)OCO2)C1CCNCC1.Cl.